The van der Waals surface area contributed by atoms with Crippen LogP contribution in [0, 0.1) is 19.8 Å². The fourth-order valence-electron chi connectivity index (χ4n) is 4.80. The average molecular weight is 453 g/mol. The Hall–Kier alpha value is -2.51. The molecule has 0 aromatic carbocycles. The van der Waals surface area contributed by atoms with Gasteiger partial charge in [-0.05, 0) is 93.0 Å². The van der Waals surface area contributed by atoms with Crippen molar-refractivity contribution in [2.75, 3.05) is 18.5 Å². The topological polar surface area (TPSA) is 96.4 Å². The van der Waals surface area contributed by atoms with E-state index < -0.39 is 12.0 Å². The lowest BCUT2D eigenvalue weighted by Gasteiger charge is -2.35. The lowest BCUT2D eigenvalue weighted by molar-refractivity contribution is -0.140. The van der Waals surface area contributed by atoms with E-state index in [2.05, 4.69) is 27.8 Å². The molecule has 3 N–H and O–H groups in total. The standard InChI is InChI=1S/C26H36N4O3/c1-17-14-27-15-18(2)23(17)16-29-24(26(31)32)9-11-33-22-12-19(13-22)5-7-21-8-6-20-4-3-10-28-25(20)30-21/h6,8,14-15,19,22,24,29H,3-5,7,9-13,16H2,1-2H3,(H,28,30)(H,31,32)/t19?,22?,24-/m1/s1. The number of hydrogen-bond acceptors (Lipinski definition) is 6. The molecule has 2 aromatic heterocycles. The van der Waals surface area contributed by atoms with Crippen LogP contribution in [0.5, 0.6) is 0 Å². The van der Waals surface area contributed by atoms with Crippen LogP contribution in [0.2, 0.25) is 0 Å². The SMILES string of the molecule is Cc1cncc(C)c1CN[C@H](CCOC1CC(CCc2ccc3c(n2)NCCC3)C1)C(=O)O. The van der Waals surface area contributed by atoms with Gasteiger partial charge < -0.3 is 20.5 Å². The minimum atomic E-state index is -0.832. The largest absolute Gasteiger partial charge is 0.480 e. The molecule has 4 rings (SSSR count). The summed E-state index contributed by atoms with van der Waals surface area (Å²) in [6.45, 7) is 6.01. The number of nitrogens with one attached hydrogen (secondary N) is 2. The molecule has 0 unspecified atom stereocenters. The highest BCUT2D eigenvalue weighted by molar-refractivity contribution is 5.73. The summed E-state index contributed by atoms with van der Waals surface area (Å²) in [4.78, 5) is 20.6. The molecule has 1 fully saturated rings. The van der Waals surface area contributed by atoms with Gasteiger partial charge in [-0.1, -0.05) is 6.07 Å². The number of rotatable bonds is 11. The van der Waals surface area contributed by atoms with Crippen LogP contribution in [0.4, 0.5) is 5.82 Å². The lowest BCUT2D eigenvalue weighted by atomic mass is 9.79. The van der Waals surface area contributed by atoms with Crippen LogP contribution in [0.1, 0.15) is 60.1 Å². The fraction of sp³-hybridized carbons (Fsp3) is 0.577. The molecule has 2 aromatic rings. The molecule has 0 spiro atoms. The zero-order valence-corrected chi connectivity index (χ0v) is 19.8. The molecule has 1 saturated carbocycles. The summed E-state index contributed by atoms with van der Waals surface area (Å²) >= 11 is 0. The van der Waals surface area contributed by atoms with Crippen molar-refractivity contribution in [3.63, 3.8) is 0 Å². The second-order valence-electron chi connectivity index (χ2n) is 9.52. The van der Waals surface area contributed by atoms with Crippen molar-refractivity contribution < 1.29 is 14.6 Å². The summed E-state index contributed by atoms with van der Waals surface area (Å²) in [6.07, 6.45) is 10.9. The first kappa shape index (κ1) is 23.6. The number of fused-ring (bicyclic) bond motifs is 1. The Bertz CT molecular complexity index is 938. The highest BCUT2D eigenvalue weighted by Gasteiger charge is 2.30. The van der Waals surface area contributed by atoms with E-state index in [1.54, 1.807) is 0 Å². The van der Waals surface area contributed by atoms with Crippen molar-refractivity contribution in [2.45, 2.75) is 77.5 Å². The number of anilines is 1. The second kappa shape index (κ2) is 11.1. The molecule has 1 aliphatic carbocycles. The summed E-state index contributed by atoms with van der Waals surface area (Å²) in [7, 11) is 0. The molecule has 33 heavy (non-hydrogen) atoms. The zero-order chi connectivity index (χ0) is 23.2. The number of ether oxygens (including phenoxy) is 1. The van der Waals surface area contributed by atoms with Crippen LogP contribution in [0.3, 0.4) is 0 Å². The molecule has 1 aliphatic heterocycles. The van der Waals surface area contributed by atoms with E-state index >= 15 is 0 Å². The number of carboxylic acid groups (broad SMARTS) is 1. The average Bonchev–Trinajstić information content (AvgIpc) is 2.77. The van der Waals surface area contributed by atoms with Crippen molar-refractivity contribution in [1.82, 2.24) is 15.3 Å². The van der Waals surface area contributed by atoms with Gasteiger partial charge in [0.2, 0.25) is 0 Å². The molecule has 0 radical (unpaired) electrons. The Balaban J connectivity index is 1.14. The number of carbonyl (C=O) groups is 1. The maximum absolute atomic E-state index is 11.7. The van der Waals surface area contributed by atoms with Gasteiger partial charge in [-0.2, -0.15) is 0 Å². The maximum Gasteiger partial charge on any atom is 0.320 e. The number of carboxylic acids is 1. The van der Waals surface area contributed by atoms with Crippen molar-refractivity contribution in [2.24, 2.45) is 5.92 Å². The van der Waals surface area contributed by atoms with E-state index in [4.69, 9.17) is 9.72 Å². The molecule has 0 saturated heterocycles. The van der Waals surface area contributed by atoms with E-state index in [0.717, 1.165) is 61.2 Å². The summed E-state index contributed by atoms with van der Waals surface area (Å²) < 4.78 is 5.98. The van der Waals surface area contributed by atoms with Gasteiger partial charge in [-0.3, -0.25) is 9.78 Å². The van der Waals surface area contributed by atoms with Crippen molar-refractivity contribution in [3.05, 3.63) is 52.5 Å². The van der Waals surface area contributed by atoms with Crippen molar-refractivity contribution in [1.29, 1.82) is 0 Å². The molecule has 2 aliphatic rings. The van der Waals surface area contributed by atoms with E-state index in [9.17, 15) is 9.90 Å². The zero-order valence-electron chi connectivity index (χ0n) is 19.8. The van der Waals surface area contributed by atoms with Crippen LogP contribution in [0.25, 0.3) is 0 Å². The third-order valence-corrected chi connectivity index (χ3v) is 7.02. The highest BCUT2D eigenvalue weighted by Crippen LogP contribution is 2.34. The predicted molar refractivity (Wildman–Crippen MR) is 128 cm³/mol. The summed E-state index contributed by atoms with van der Waals surface area (Å²) in [5.74, 6) is 0.915. The Morgan fingerprint density at radius 2 is 2.06 bits per heavy atom. The molecule has 7 heteroatoms. The van der Waals surface area contributed by atoms with Gasteiger partial charge in [0, 0.05) is 37.8 Å². The molecule has 0 bridgehead atoms. The van der Waals surface area contributed by atoms with E-state index in [0.29, 0.717) is 25.5 Å². The second-order valence-corrected chi connectivity index (χ2v) is 9.52. The first-order chi connectivity index (χ1) is 16.0. The molecule has 7 nitrogen and oxygen atoms in total. The van der Waals surface area contributed by atoms with Crippen molar-refractivity contribution in [3.8, 4) is 0 Å². The monoisotopic (exact) mass is 452 g/mol. The van der Waals surface area contributed by atoms with Gasteiger partial charge in [0.25, 0.3) is 0 Å². The maximum atomic E-state index is 11.7. The summed E-state index contributed by atoms with van der Waals surface area (Å²) in [6, 6.07) is 3.78. The number of aromatic nitrogens is 2. The summed E-state index contributed by atoms with van der Waals surface area (Å²) in [5, 5.41) is 16.2. The van der Waals surface area contributed by atoms with Crippen LogP contribution in [0.15, 0.2) is 24.5 Å². The number of hydrogen-bond donors (Lipinski definition) is 3. The van der Waals surface area contributed by atoms with Crippen LogP contribution in [-0.2, 0) is 28.9 Å². The van der Waals surface area contributed by atoms with Gasteiger partial charge >= 0.3 is 5.97 Å². The van der Waals surface area contributed by atoms with E-state index in [1.165, 1.54) is 17.7 Å². The minimum absolute atomic E-state index is 0.257. The Labute approximate surface area is 196 Å². The molecule has 178 valence electrons. The number of aryl methyl sites for hydroxylation is 4. The first-order valence-electron chi connectivity index (χ1n) is 12.2. The Morgan fingerprint density at radius 3 is 2.82 bits per heavy atom. The third-order valence-electron chi connectivity index (χ3n) is 7.02. The van der Waals surface area contributed by atoms with E-state index in [1.807, 2.05) is 26.2 Å². The third kappa shape index (κ3) is 6.30. The van der Waals surface area contributed by atoms with Gasteiger partial charge in [0.15, 0.2) is 0 Å². The smallest absolute Gasteiger partial charge is 0.320 e. The number of pyridine rings is 2. The molecular weight excluding hydrogens is 416 g/mol. The number of nitrogens with zero attached hydrogens (tertiary/aromatic N) is 2. The van der Waals surface area contributed by atoms with Gasteiger partial charge in [-0.15, -0.1) is 0 Å². The molecule has 0 amide bonds. The molecule has 3 heterocycles. The minimum Gasteiger partial charge on any atom is -0.480 e. The van der Waals surface area contributed by atoms with Crippen molar-refractivity contribution >= 4 is 11.8 Å². The van der Waals surface area contributed by atoms with Crippen LogP contribution < -0.4 is 10.6 Å². The molecular formula is C26H36N4O3. The normalized spacial score (nSPS) is 20.4. The lowest BCUT2D eigenvalue weighted by Crippen LogP contribution is -2.39. The highest BCUT2D eigenvalue weighted by atomic mass is 16.5. The quantitative estimate of drug-likeness (QED) is 0.477. The Kier molecular flexibility index (Phi) is 7.93. The number of aliphatic carboxylic acids is 1. The van der Waals surface area contributed by atoms with Gasteiger partial charge in [0.05, 0.1) is 6.10 Å². The predicted octanol–water partition coefficient (Wildman–Crippen LogP) is 3.81. The molecule has 1 atom stereocenters. The van der Waals surface area contributed by atoms with Crippen LogP contribution >= 0.6 is 0 Å². The Morgan fingerprint density at radius 1 is 1.27 bits per heavy atom. The fourth-order valence-corrected chi connectivity index (χ4v) is 4.80. The van der Waals surface area contributed by atoms with Gasteiger partial charge in [0.1, 0.15) is 11.9 Å². The van der Waals surface area contributed by atoms with Gasteiger partial charge in [-0.25, -0.2) is 4.98 Å². The first-order valence-corrected chi connectivity index (χ1v) is 12.2. The van der Waals surface area contributed by atoms with E-state index in [-0.39, 0.29) is 6.10 Å². The van der Waals surface area contributed by atoms with Crippen LogP contribution in [-0.4, -0.2) is 46.3 Å². The summed E-state index contributed by atoms with van der Waals surface area (Å²) in [5.41, 5.74) is 5.77.